The van der Waals surface area contributed by atoms with Crippen LogP contribution < -0.4 is 0 Å². The summed E-state index contributed by atoms with van der Waals surface area (Å²) in [6, 6.07) is 12.5. The molecule has 0 amide bonds. The maximum Gasteiger partial charge on any atom is 0.160 e. The van der Waals surface area contributed by atoms with Gasteiger partial charge in [-0.05, 0) is 37.5 Å². The number of aryl methyl sites for hydroxylation is 3. The molecule has 0 saturated carbocycles. The van der Waals surface area contributed by atoms with Crippen molar-refractivity contribution >= 4 is 22.8 Å². The van der Waals surface area contributed by atoms with E-state index < -0.39 is 0 Å². The van der Waals surface area contributed by atoms with Crippen molar-refractivity contribution in [2.75, 3.05) is 0 Å². The number of fused-ring (bicyclic) bond motifs is 1. The van der Waals surface area contributed by atoms with Crippen molar-refractivity contribution in [2.45, 2.75) is 32.2 Å². The van der Waals surface area contributed by atoms with E-state index in [4.69, 9.17) is 11.6 Å². The highest BCUT2D eigenvalue weighted by Gasteiger charge is 2.15. The first-order valence-corrected chi connectivity index (χ1v) is 7.59. The zero-order chi connectivity index (χ0) is 14.8. The van der Waals surface area contributed by atoms with Crippen LogP contribution in [-0.4, -0.2) is 14.5 Å². The number of nitrogens with zero attached hydrogens (tertiary/aromatic N) is 3. The van der Waals surface area contributed by atoms with Gasteiger partial charge in [-0.2, -0.15) is 0 Å². The minimum Gasteiger partial charge on any atom is -0.311 e. The quantitative estimate of drug-likeness (QED) is 0.673. The minimum absolute atomic E-state index is 0.129. The number of aromatic nitrogens is 3. The summed E-state index contributed by atoms with van der Waals surface area (Å²) >= 11 is 6.29. The van der Waals surface area contributed by atoms with Gasteiger partial charge in [-0.15, -0.1) is 11.6 Å². The Morgan fingerprint density at radius 2 is 2.00 bits per heavy atom. The third kappa shape index (κ3) is 2.93. The van der Waals surface area contributed by atoms with Crippen LogP contribution in [0.2, 0.25) is 0 Å². The average Bonchev–Trinajstić information content (AvgIpc) is 2.84. The number of halogens is 1. The van der Waals surface area contributed by atoms with Gasteiger partial charge in [-0.1, -0.05) is 30.3 Å². The Morgan fingerprint density at radius 1 is 1.24 bits per heavy atom. The second-order valence-electron chi connectivity index (χ2n) is 5.33. The number of rotatable bonds is 4. The fourth-order valence-electron chi connectivity index (χ4n) is 2.54. The first-order valence-electron chi connectivity index (χ1n) is 7.16. The van der Waals surface area contributed by atoms with Crippen LogP contribution >= 0.6 is 11.6 Å². The molecule has 1 atom stereocenters. The van der Waals surface area contributed by atoms with E-state index in [9.17, 15) is 0 Å². The molecule has 2 heterocycles. The van der Waals surface area contributed by atoms with Crippen LogP contribution in [0, 0.1) is 6.92 Å². The summed E-state index contributed by atoms with van der Waals surface area (Å²) in [4.78, 5) is 9.19. The molecule has 1 unspecified atom stereocenters. The van der Waals surface area contributed by atoms with E-state index in [1.807, 2.05) is 26.1 Å². The number of benzene rings is 1. The Morgan fingerprint density at radius 3 is 2.71 bits per heavy atom. The van der Waals surface area contributed by atoms with Crippen LogP contribution in [0.5, 0.6) is 0 Å². The highest BCUT2D eigenvalue weighted by molar-refractivity contribution is 6.20. The standard InChI is InChI=1S/C17H18ClN3/c1-12-10-15-17(19-11-12)21(16(20-15)13(2)18)9-8-14-6-4-3-5-7-14/h3-7,10-11,13H,8-9H2,1-2H3. The molecular formula is C17H18ClN3. The molecule has 21 heavy (non-hydrogen) atoms. The lowest BCUT2D eigenvalue weighted by molar-refractivity contribution is 0.663. The van der Waals surface area contributed by atoms with E-state index >= 15 is 0 Å². The van der Waals surface area contributed by atoms with Gasteiger partial charge in [-0.3, -0.25) is 0 Å². The SMILES string of the molecule is Cc1cnc2c(c1)nc(C(C)Cl)n2CCc1ccccc1. The number of hydrogen-bond donors (Lipinski definition) is 0. The summed E-state index contributed by atoms with van der Waals surface area (Å²) < 4.78 is 2.14. The molecule has 2 aromatic heterocycles. The summed E-state index contributed by atoms with van der Waals surface area (Å²) in [5, 5.41) is -0.129. The van der Waals surface area contributed by atoms with E-state index in [2.05, 4.69) is 44.9 Å². The van der Waals surface area contributed by atoms with Crippen LogP contribution in [0.3, 0.4) is 0 Å². The first kappa shape index (κ1) is 14.1. The largest absolute Gasteiger partial charge is 0.311 e. The van der Waals surface area contributed by atoms with E-state index in [0.29, 0.717) is 0 Å². The second kappa shape index (κ2) is 5.86. The molecule has 0 radical (unpaired) electrons. The Bertz CT molecular complexity index is 747. The van der Waals surface area contributed by atoms with Crippen LogP contribution in [-0.2, 0) is 13.0 Å². The van der Waals surface area contributed by atoms with Crippen LogP contribution in [0.1, 0.15) is 29.3 Å². The molecule has 3 rings (SSSR count). The minimum atomic E-state index is -0.129. The third-order valence-electron chi connectivity index (χ3n) is 3.57. The summed E-state index contributed by atoms with van der Waals surface area (Å²) in [5.74, 6) is 0.890. The number of hydrogen-bond acceptors (Lipinski definition) is 2. The van der Waals surface area contributed by atoms with E-state index in [1.165, 1.54) is 5.56 Å². The van der Waals surface area contributed by atoms with Gasteiger partial charge in [0.1, 0.15) is 11.3 Å². The molecule has 3 nitrogen and oxygen atoms in total. The lowest BCUT2D eigenvalue weighted by Crippen LogP contribution is -2.07. The van der Waals surface area contributed by atoms with Gasteiger partial charge in [-0.25, -0.2) is 9.97 Å². The van der Waals surface area contributed by atoms with Gasteiger partial charge in [0, 0.05) is 12.7 Å². The van der Waals surface area contributed by atoms with E-state index in [1.54, 1.807) is 0 Å². The Balaban J connectivity index is 1.97. The maximum atomic E-state index is 6.29. The van der Waals surface area contributed by atoms with Crippen molar-refractivity contribution in [3.05, 3.63) is 59.5 Å². The summed E-state index contributed by atoms with van der Waals surface area (Å²) in [7, 11) is 0. The highest BCUT2D eigenvalue weighted by atomic mass is 35.5. The lowest BCUT2D eigenvalue weighted by atomic mass is 10.1. The summed E-state index contributed by atoms with van der Waals surface area (Å²) in [5.41, 5.74) is 4.26. The summed E-state index contributed by atoms with van der Waals surface area (Å²) in [6.45, 7) is 4.82. The van der Waals surface area contributed by atoms with Crippen LogP contribution in [0.15, 0.2) is 42.6 Å². The Labute approximate surface area is 129 Å². The zero-order valence-electron chi connectivity index (χ0n) is 12.3. The van der Waals surface area contributed by atoms with Gasteiger partial charge >= 0.3 is 0 Å². The van der Waals surface area contributed by atoms with Gasteiger partial charge in [0.2, 0.25) is 0 Å². The molecular weight excluding hydrogens is 282 g/mol. The first-order chi connectivity index (χ1) is 10.1. The number of alkyl halides is 1. The molecule has 0 aliphatic rings. The topological polar surface area (TPSA) is 30.7 Å². The lowest BCUT2D eigenvalue weighted by Gasteiger charge is -2.10. The number of pyridine rings is 1. The van der Waals surface area contributed by atoms with Crippen molar-refractivity contribution in [1.82, 2.24) is 14.5 Å². The molecule has 0 aliphatic carbocycles. The molecule has 4 heteroatoms. The van der Waals surface area contributed by atoms with Crippen molar-refractivity contribution in [1.29, 1.82) is 0 Å². The van der Waals surface area contributed by atoms with Crippen molar-refractivity contribution in [2.24, 2.45) is 0 Å². The summed E-state index contributed by atoms with van der Waals surface area (Å²) in [6.07, 6.45) is 2.82. The molecule has 0 saturated heterocycles. The number of imidazole rings is 1. The monoisotopic (exact) mass is 299 g/mol. The maximum absolute atomic E-state index is 6.29. The van der Waals surface area contributed by atoms with Gasteiger partial charge in [0.25, 0.3) is 0 Å². The molecule has 108 valence electrons. The Kier molecular flexibility index (Phi) is 3.93. The average molecular weight is 300 g/mol. The van der Waals surface area contributed by atoms with Crippen molar-refractivity contribution in [3.8, 4) is 0 Å². The van der Waals surface area contributed by atoms with Crippen molar-refractivity contribution in [3.63, 3.8) is 0 Å². The van der Waals surface area contributed by atoms with E-state index in [-0.39, 0.29) is 5.38 Å². The predicted octanol–water partition coefficient (Wildman–Crippen LogP) is 4.28. The van der Waals surface area contributed by atoms with Gasteiger partial charge in [0.05, 0.1) is 5.38 Å². The van der Waals surface area contributed by atoms with Crippen molar-refractivity contribution < 1.29 is 0 Å². The third-order valence-corrected chi connectivity index (χ3v) is 3.77. The van der Waals surface area contributed by atoms with E-state index in [0.717, 1.165) is 35.5 Å². The predicted molar refractivity (Wildman–Crippen MR) is 86.7 cm³/mol. The smallest absolute Gasteiger partial charge is 0.160 e. The molecule has 1 aromatic carbocycles. The van der Waals surface area contributed by atoms with Gasteiger partial charge < -0.3 is 4.57 Å². The highest BCUT2D eigenvalue weighted by Crippen LogP contribution is 2.24. The molecule has 0 bridgehead atoms. The molecule has 0 N–H and O–H groups in total. The Hall–Kier alpha value is -1.87. The normalized spacial score (nSPS) is 12.7. The molecule has 3 aromatic rings. The van der Waals surface area contributed by atoms with Gasteiger partial charge in [0.15, 0.2) is 5.65 Å². The zero-order valence-corrected chi connectivity index (χ0v) is 13.0. The molecule has 0 spiro atoms. The fraction of sp³-hybridized carbons (Fsp3) is 0.294. The second-order valence-corrected chi connectivity index (χ2v) is 5.98. The van der Waals surface area contributed by atoms with Crippen LogP contribution in [0.25, 0.3) is 11.2 Å². The fourth-order valence-corrected chi connectivity index (χ4v) is 2.71. The molecule has 0 fully saturated rings. The van der Waals surface area contributed by atoms with Crippen LogP contribution in [0.4, 0.5) is 0 Å². The molecule has 0 aliphatic heterocycles.